The molecule has 0 unspecified atom stereocenters. The number of nitrogens with two attached hydrogens (primary N) is 1. The molecule has 0 radical (unpaired) electrons. The van der Waals surface area contributed by atoms with Crippen molar-refractivity contribution in [2.45, 2.75) is 6.42 Å². The highest BCUT2D eigenvalue weighted by molar-refractivity contribution is 14.0. The first-order valence-corrected chi connectivity index (χ1v) is 7.85. The molecule has 1 aromatic rings. The van der Waals surface area contributed by atoms with Crippen molar-refractivity contribution >= 4 is 41.7 Å². The van der Waals surface area contributed by atoms with Crippen LogP contribution in [-0.4, -0.2) is 54.2 Å². The molecule has 0 amide bonds. The van der Waals surface area contributed by atoms with Crippen molar-refractivity contribution in [3.05, 3.63) is 23.8 Å². The van der Waals surface area contributed by atoms with Crippen molar-refractivity contribution in [1.29, 1.82) is 0 Å². The summed E-state index contributed by atoms with van der Waals surface area (Å²) in [6, 6.07) is 5.48. The number of thioether (sulfide) groups is 1. The van der Waals surface area contributed by atoms with Crippen LogP contribution >= 0.6 is 35.7 Å². The number of aliphatic imine (C=N–C) groups is 1. The van der Waals surface area contributed by atoms with Gasteiger partial charge in [0, 0.05) is 31.1 Å². The van der Waals surface area contributed by atoms with Gasteiger partial charge in [-0.25, -0.2) is 0 Å². The van der Waals surface area contributed by atoms with Crippen molar-refractivity contribution in [2.75, 3.05) is 38.2 Å². The Labute approximate surface area is 147 Å². The third-order valence-electron chi connectivity index (χ3n) is 3.29. The minimum atomic E-state index is 0. The van der Waals surface area contributed by atoms with Gasteiger partial charge in [0.15, 0.2) is 17.5 Å². The van der Waals surface area contributed by atoms with Crippen LogP contribution in [0, 0.1) is 0 Å². The van der Waals surface area contributed by atoms with Crippen molar-refractivity contribution in [1.82, 2.24) is 4.90 Å². The molecule has 1 aromatic carbocycles. The van der Waals surface area contributed by atoms with Crippen LogP contribution in [0.3, 0.4) is 0 Å². The molecule has 0 bridgehead atoms. The van der Waals surface area contributed by atoms with Gasteiger partial charge in [0.1, 0.15) is 0 Å². The zero-order valence-corrected chi connectivity index (χ0v) is 15.3. The van der Waals surface area contributed by atoms with Gasteiger partial charge in [0.05, 0.1) is 7.11 Å². The fourth-order valence-corrected chi connectivity index (χ4v) is 3.02. The number of para-hydroxylation sites is 1. The SMILES string of the molecule is COc1cccc(CCN=C(N)N2CCSCC2)c1O.I. The van der Waals surface area contributed by atoms with Crippen molar-refractivity contribution in [2.24, 2.45) is 10.7 Å². The molecule has 7 heteroatoms. The highest BCUT2D eigenvalue weighted by Gasteiger charge is 2.12. The highest BCUT2D eigenvalue weighted by Crippen LogP contribution is 2.29. The van der Waals surface area contributed by atoms with E-state index in [0.717, 1.165) is 30.2 Å². The van der Waals surface area contributed by atoms with Crippen LogP contribution < -0.4 is 10.5 Å². The molecule has 0 aliphatic carbocycles. The summed E-state index contributed by atoms with van der Waals surface area (Å²) < 4.78 is 5.09. The largest absolute Gasteiger partial charge is 0.504 e. The molecule has 1 saturated heterocycles. The number of benzene rings is 1. The lowest BCUT2D eigenvalue weighted by Crippen LogP contribution is -2.42. The van der Waals surface area contributed by atoms with Crippen LogP contribution in [-0.2, 0) is 6.42 Å². The van der Waals surface area contributed by atoms with Crippen LogP contribution in [0.1, 0.15) is 5.56 Å². The fraction of sp³-hybridized carbons (Fsp3) is 0.500. The number of aromatic hydroxyl groups is 1. The molecule has 0 saturated carbocycles. The predicted octanol–water partition coefficient (Wildman–Crippen LogP) is 1.92. The maximum atomic E-state index is 9.98. The number of ether oxygens (including phenoxy) is 1. The fourth-order valence-electron chi connectivity index (χ4n) is 2.12. The van der Waals surface area contributed by atoms with Gasteiger partial charge in [-0.05, 0) is 18.1 Å². The second-order valence-corrected chi connectivity index (χ2v) is 5.78. The lowest BCUT2D eigenvalue weighted by atomic mass is 10.1. The summed E-state index contributed by atoms with van der Waals surface area (Å²) in [6.07, 6.45) is 0.645. The third kappa shape index (κ3) is 5.14. The Balaban J connectivity index is 0.00000220. The molecule has 1 aliphatic heterocycles. The van der Waals surface area contributed by atoms with Crippen LogP contribution in [0.15, 0.2) is 23.2 Å². The van der Waals surface area contributed by atoms with E-state index in [-0.39, 0.29) is 29.7 Å². The van der Waals surface area contributed by atoms with Crippen LogP contribution in [0.25, 0.3) is 0 Å². The smallest absolute Gasteiger partial charge is 0.191 e. The van der Waals surface area contributed by atoms with Gasteiger partial charge in [0.2, 0.25) is 0 Å². The summed E-state index contributed by atoms with van der Waals surface area (Å²) in [4.78, 5) is 6.51. The van der Waals surface area contributed by atoms with E-state index >= 15 is 0 Å². The standard InChI is InChI=1S/C14H21N3O2S.HI/c1-19-12-4-2-3-11(13(12)18)5-6-16-14(15)17-7-9-20-10-8-17;/h2-4,18H,5-10H2,1H3,(H2,15,16);1H. The Hall–Kier alpha value is -0.830. The van der Waals surface area contributed by atoms with Crippen LogP contribution in [0.5, 0.6) is 11.5 Å². The van der Waals surface area contributed by atoms with E-state index < -0.39 is 0 Å². The summed E-state index contributed by atoms with van der Waals surface area (Å²) >= 11 is 1.94. The molecule has 3 N–H and O–H groups in total. The molecule has 0 atom stereocenters. The zero-order chi connectivity index (χ0) is 14.4. The second-order valence-electron chi connectivity index (χ2n) is 4.56. The van der Waals surface area contributed by atoms with E-state index in [1.807, 2.05) is 23.9 Å². The van der Waals surface area contributed by atoms with Gasteiger partial charge in [-0.1, -0.05) is 12.1 Å². The van der Waals surface area contributed by atoms with Gasteiger partial charge in [0.25, 0.3) is 0 Å². The predicted molar refractivity (Wildman–Crippen MR) is 99.2 cm³/mol. The first-order valence-electron chi connectivity index (χ1n) is 6.70. The maximum Gasteiger partial charge on any atom is 0.191 e. The van der Waals surface area contributed by atoms with Crippen molar-refractivity contribution in [3.8, 4) is 11.5 Å². The Morgan fingerprint density at radius 1 is 1.43 bits per heavy atom. The molecular formula is C14H22IN3O2S. The lowest BCUT2D eigenvalue weighted by Gasteiger charge is -2.27. The van der Waals surface area contributed by atoms with E-state index in [2.05, 4.69) is 9.89 Å². The number of phenols is 1. The number of methoxy groups -OCH3 is 1. The topological polar surface area (TPSA) is 71.1 Å². The Morgan fingerprint density at radius 3 is 2.81 bits per heavy atom. The number of halogens is 1. The molecule has 0 spiro atoms. The van der Waals surface area contributed by atoms with E-state index in [1.54, 1.807) is 13.2 Å². The zero-order valence-electron chi connectivity index (χ0n) is 12.1. The minimum Gasteiger partial charge on any atom is -0.504 e. The van der Waals surface area contributed by atoms with Gasteiger partial charge in [-0.3, -0.25) is 4.99 Å². The first kappa shape index (κ1) is 18.2. The maximum absolute atomic E-state index is 9.98. The van der Waals surface area contributed by atoms with Gasteiger partial charge >= 0.3 is 0 Å². The number of rotatable bonds is 4. The number of hydrogen-bond donors (Lipinski definition) is 2. The van der Waals surface area contributed by atoms with Crippen LogP contribution in [0.4, 0.5) is 0 Å². The number of phenolic OH excluding ortho intramolecular Hbond substituents is 1. The number of nitrogens with zero attached hydrogens (tertiary/aromatic N) is 2. The number of guanidine groups is 1. The molecular weight excluding hydrogens is 401 g/mol. The average Bonchev–Trinajstić information content (AvgIpc) is 2.49. The average molecular weight is 423 g/mol. The minimum absolute atomic E-state index is 0. The van der Waals surface area contributed by atoms with Gasteiger partial charge in [-0.2, -0.15) is 11.8 Å². The first-order chi connectivity index (χ1) is 9.72. The molecule has 5 nitrogen and oxygen atoms in total. The number of hydrogen-bond acceptors (Lipinski definition) is 4. The monoisotopic (exact) mass is 423 g/mol. The normalized spacial score (nSPS) is 15.5. The van der Waals surface area contributed by atoms with Gasteiger partial charge < -0.3 is 20.5 Å². The Morgan fingerprint density at radius 2 is 2.14 bits per heavy atom. The van der Waals surface area contributed by atoms with E-state index in [9.17, 15) is 5.11 Å². The van der Waals surface area contributed by atoms with Crippen LogP contribution in [0.2, 0.25) is 0 Å². The lowest BCUT2D eigenvalue weighted by molar-refractivity contribution is 0.370. The third-order valence-corrected chi connectivity index (χ3v) is 4.23. The van der Waals surface area contributed by atoms with E-state index in [1.165, 1.54) is 0 Å². The summed E-state index contributed by atoms with van der Waals surface area (Å²) in [5.41, 5.74) is 6.81. The second kappa shape index (κ2) is 9.24. The van der Waals surface area contributed by atoms with Gasteiger partial charge in [-0.15, -0.1) is 24.0 Å². The van der Waals surface area contributed by atoms with E-state index in [0.29, 0.717) is 24.7 Å². The summed E-state index contributed by atoms with van der Waals surface area (Å²) in [5, 5.41) is 9.98. The van der Waals surface area contributed by atoms with E-state index in [4.69, 9.17) is 10.5 Å². The summed E-state index contributed by atoms with van der Waals surface area (Å²) in [5.74, 6) is 3.50. The molecule has 1 aliphatic rings. The molecule has 0 aromatic heterocycles. The molecule has 1 fully saturated rings. The molecule has 118 valence electrons. The molecule has 1 heterocycles. The summed E-state index contributed by atoms with van der Waals surface area (Å²) in [6.45, 7) is 2.49. The molecule has 21 heavy (non-hydrogen) atoms. The van der Waals surface area contributed by atoms with Crippen molar-refractivity contribution in [3.63, 3.8) is 0 Å². The Bertz CT molecular complexity index is 479. The van der Waals surface area contributed by atoms with Crippen molar-refractivity contribution < 1.29 is 9.84 Å². The summed E-state index contributed by atoms with van der Waals surface area (Å²) in [7, 11) is 1.54. The quantitative estimate of drug-likeness (QED) is 0.440. The highest BCUT2D eigenvalue weighted by atomic mass is 127. The molecule has 2 rings (SSSR count). The Kier molecular flexibility index (Phi) is 8.02.